The average Bonchev–Trinajstić information content (AvgIpc) is 3.10. The highest BCUT2D eigenvalue weighted by Gasteiger charge is 2.37. The molecule has 0 radical (unpaired) electrons. The third-order valence-corrected chi connectivity index (χ3v) is 8.82. The van der Waals surface area contributed by atoms with E-state index in [1.165, 1.54) is 0 Å². The third kappa shape index (κ3) is 6.88. The van der Waals surface area contributed by atoms with E-state index in [0.29, 0.717) is 56.2 Å². The number of carbonyl (C=O) groups is 2. The molecule has 2 aliphatic heterocycles. The standard InChI is InChI=1S/C35H38N6O3/c42-33(29-10-6-16-36-24-29)40-20-14-35(15-21-40)13-7-19-39(32-25-37-17-18-38-32)22-23-41(26-28-8-2-1-3-9-28)34(43)30-11-4-5-12-31(30)44-27-35/h1-6,8-12,16-18,24-25H,7,13-15,19-23,26-27H2. The first-order valence-electron chi connectivity index (χ1n) is 15.4. The first-order chi connectivity index (χ1) is 21.6. The molecule has 2 aromatic carbocycles. The summed E-state index contributed by atoms with van der Waals surface area (Å²) in [4.78, 5) is 46.4. The van der Waals surface area contributed by atoms with Gasteiger partial charge in [0.2, 0.25) is 0 Å². The van der Waals surface area contributed by atoms with Crippen LogP contribution < -0.4 is 9.64 Å². The first kappa shape index (κ1) is 29.3. The van der Waals surface area contributed by atoms with Crippen LogP contribution in [-0.2, 0) is 6.54 Å². The van der Waals surface area contributed by atoms with Gasteiger partial charge in [0.1, 0.15) is 11.6 Å². The lowest BCUT2D eigenvalue weighted by molar-refractivity contribution is 0.0363. The lowest BCUT2D eigenvalue weighted by atomic mass is 9.75. The molecule has 44 heavy (non-hydrogen) atoms. The van der Waals surface area contributed by atoms with Crippen LogP contribution in [0.25, 0.3) is 0 Å². The molecule has 2 aliphatic rings. The zero-order chi connectivity index (χ0) is 30.2. The predicted molar refractivity (Wildman–Crippen MR) is 168 cm³/mol. The maximum Gasteiger partial charge on any atom is 0.257 e. The van der Waals surface area contributed by atoms with E-state index >= 15 is 0 Å². The Labute approximate surface area is 258 Å². The van der Waals surface area contributed by atoms with Gasteiger partial charge in [0.25, 0.3) is 11.8 Å². The Bertz CT molecular complexity index is 1530. The largest absolute Gasteiger partial charge is 0.492 e. The summed E-state index contributed by atoms with van der Waals surface area (Å²) >= 11 is 0. The molecule has 1 spiro atoms. The van der Waals surface area contributed by atoms with Gasteiger partial charge < -0.3 is 19.4 Å². The van der Waals surface area contributed by atoms with E-state index in [0.717, 1.165) is 43.6 Å². The van der Waals surface area contributed by atoms with Crippen LogP contribution in [0, 0.1) is 5.41 Å². The second-order valence-corrected chi connectivity index (χ2v) is 11.7. The predicted octanol–water partition coefficient (Wildman–Crippen LogP) is 5.12. The maximum absolute atomic E-state index is 14.2. The van der Waals surface area contributed by atoms with E-state index in [4.69, 9.17) is 4.74 Å². The van der Waals surface area contributed by atoms with Gasteiger partial charge in [-0.3, -0.25) is 19.6 Å². The highest BCUT2D eigenvalue weighted by molar-refractivity contribution is 5.97. The number of benzene rings is 2. The topological polar surface area (TPSA) is 91.8 Å². The number of piperidine rings is 1. The molecule has 9 heteroatoms. The molecule has 0 N–H and O–H groups in total. The number of hydrogen-bond donors (Lipinski definition) is 0. The molecular weight excluding hydrogens is 552 g/mol. The van der Waals surface area contributed by atoms with E-state index < -0.39 is 0 Å². The number of pyridine rings is 1. The van der Waals surface area contributed by atoms with Crippen LogP contribution in [0.5, 0.6) is 5.75 Å². The Balaban J connectivity index is 1.27. The Morgan fingerprint density at radius 1 is 0.795 bits per heavy atom. The molecule has 226 valence electrons. The molecule has 0 aliphatic carbocycles. The molecule has 0 bridgehead atoms. The van der Waals surface area contributed by atoms with Crippen LogP contribution >= 0.6 is 0 Å². The second-order valence-electron chi connectivity index (χ2n) is 11.7. The molecular formula is C35H38N6O3. The van der Waals surface area contributed by atoms with E-state index in [1.807, 2.05) is 70.5 Å². The molecule has 4 aromatic rings. The summed E-state index contributed by atoms with van der Waals surface area (Å²) < 4.78 is 6.56. The van der Waals surface area contributed by atoms with Gasteiger partial charge in [-0.15, -0.1) is 0 Å². The van der Waals surface area contributed by atoms with Gasteiger partial charge in [-0.1, -0.05) is 42.5 Å². The molecule has 0 unspecified atom stereocenters. The van der Waals surface area contributed by atoms with Gasteiger partial charge >= 0.3 is 0 Å². The summed E-state index contributed by atoms with van der Waals surface area (Å²) in [7, 11) is 0. The van der Waals surface area contributed by atoms with E-state index in [2.05, 4.69) is 19.9 Å². The summed E-state index contributed by atoms with van der Waals surface area (Å²) in [5.74, 6) is 1.36. The maximum atomic E-state index is 14.2. The highest BCUT2D eigenvalue weighted by atomic mass is 16.5. The number of aromatic nitrogens is 3. The van der Waals surface area contributed by atoms with E-state index in [-0.39, 0.29) is 17.2 Å². The van der Waals surface area contributed by atoms with Crippen molar-refractivity contribution in [2.75, 3.05) is 44.2 Å². The Hall–Kier alpha value is -4.79. The van der Waals surface area contributed by atoms with Gasteiger partial charge in [-0.25, -0.2) is 4.98 Å². The number of fused-ring (bicyclic) bond motifs is 1. The summed E-state index contributed by atoms with van der Waals surface area (Å²) in [5.41, 5.74) is 2.12. The van der Waals surface area contributed by atoms with E-state index in [9.17, 15) is 9.59 Å². The molecule has 1 saturated heterocycles. The molecule has 0 atom stereocenters. The smallest absolute Gasteiger partial charge is 0.257 e. The minimum absolute atomic E-state index is 0.0155. The number of rotatable bonds is 4. The fraction of sp³-hybridized carbons (Fsp3) is 0.343. The van der Waals surface area contributed by atoms with Gasteiger partial charge in [-0.2, -0.15) is 0 Å². The summed E-state index contributed by atoms with van der Waals surface area (Å²) in [6, 6.07) is 21.3. The quantitative estimate of drug-likeness (QED) is 0.326. The molecule has 2 aromatic heterocycles. The van der Waals surface area contributed by atoms with Gasteiger partial charge in [0, 0.05) is 69.5 Å². The Morgan fingerprint density at radius 3 is 2.36 bits per heavy atom. The van der Waals surface area contributed by atoms with Crippen LogP contribution in [-0.4, -0.2) is 75.9 Å². The van der Waals surface area contributed by atoms with Crippen molar-refractivity contribution in [2.24, 2.45) is 5.41 Å². The number of likely N-dealkylation sites (tertiary alicyclic amines) is 1. The fourth-order valence-electron chi connectivity index (χ4n) is 6.23. The molecule has 4 heterocycles. The normalized spacial score (nSPS) is 17.5. The lowest BCUT2D eigenvalue weighted by Gasteiger charge is -2.42. The average molecular weight is 591 g/mol. The Kier molecular flexibility index (Phi) is 9.10. The minimum atomic E-state index is -0.131. The monoisotopic (exact) mass is 590 g/mol. The highest BCUT2D eigenvalue weighted by Crippen LogP contribution is 2.38. The van der Waals surface area contributed by atoms with Crippen LogP contribution in [0.15, 0.2) is 97.7 Å². The van der Waals surface area contributed by atoms with Crippen molar-refractivity contribution < 1.29 is 14.3 Å². The SMILES string of the molecule is O=C(c1cccnc1)N1CCC2(CCCN(c3cnccn3)CCN(Cc3ccccc3)C(=O)c3ccccc3OC2)CC1. The molecule has 2 amide bonds. The zero-order valence-electron chi connectivity index (χ0n) is 24.9. The molecule has 9 nitrogen and oxygen atoms in total. The third-order valence-electron chi connectivity index (χ3n) is 8.82. The van der Waals surface area contributed by atoms with Gasteiger partial charge in [0.15, 0.2) is 0 Å². The van der Waals surface area contributed by atoms with Crippen LogP contribution in [0.1, 0.15) is 52.0 Å². The molecule has 1 fully saturated rings. The van der Waals surface area contributed by atoms with Crippen LogP contribution in [0.4, 0.5) is 5.82 Å². The number of amides is 2. The van der Waals surface area contributed by atoms with Gasteiger partial charge in [0.05, 0.1) is 23.9 Å². The number of carbonyl (C=O) groups excluding carboxylic acids is 2. The Morgan fingerprint density at radius 2 is 1.59 bits per heavy atom. The second kappa shape index (κ2) is 13.7. The van der Waals surface area contributed by atoms with Crippen molar-refractivity contribution in [1.29, 1.82) is 0 Å². The van der Waals surface area contributed by atoms with Crippen molar-refractivity contribution >= 4 is 17.6 Å². The fourth-order valence-corrected chi connectivity index (χ4v) is 6.23. The molecule has 6 rings (SSSR count). The number of anilines is 1. The zero-order valence-corrected chi connectivity index (χ0v) is 24.9. The number of nitrogens with zero attached hydrogens (tertiary/aromatic N) is 6. The molecule has 0 saturated carbocycles. The summed E-state index contributed by atoms with van der Waals surface area (Å²) in [5, 5.41) is 0. The minimum Gasteiger partial charge on any atom is -0.492 e. The number of ether oxygens (including phenoxy) is 1. The van der Waals surface area contributed by atoms with E-state index in [1.54, 1.807) is 37.1 Å². The van der Waals surface area contributed by atoms with Crippen molar-refractivity contribution in [1.82, 2.24) is 24.8 Å². The van der Waals surface area contributed by atoms with Crippen LogP contribution in [0.3, 0.4) is 0 Å². The summed E-state index contributed by atoms with van der Waals surface area (Å²) in [6.45, 7) is 4.20. The first-order valence-corrected chi connectivity index (χ1v) is 15.4. The van der Waals surface area contributed by atoms with Crippen LogP contribution in [0.2, 0.25) is 0 Å². The van der Waals surface area contributed by atoms with Crippen molar-refractivity contribution in [3.63, 3.8) is 0 Å². The van der Waals surface area contributed by atoms with Gasteiger partial charge in [-0.05, 0) is 55.5 Å². The van der Waals surface area contributed by atoms with Crippen molar-refractivity contribution in [3.05, 3.63) is 114 Å². The number of para-hydroxylation sites is 1. The van der Waals surface area contributed by atoms with Crippen molar-refractivity contribution in [2.45, 2.75) is 32.2 Å². The number of hydrogen-bond acceptors (Lipinski definition) is 7. The lowest BCUT2D eigenvalue weighted by Crippen LogP contribution is -2.46. The van der Waals surface area contributed by atoms with Crippen molar-refractivity contribution in [3.8, 4) is 5.75 Å². The summed E-state index contributed by atoms with van der Waals surface area (Å²) in [6.07, 6.45) is 12.0.